The van der Waals surface area contributed by atoms with Crippen molar-refractivity contribution in [3.8, 4) is 11.5 Å². The number of carbonyl (C=O) groups excluding carboxylic acids is 1. The Labute approximate surface area is 182 Å². The second-order valence-corrected chi connectivity index (χ2v) is 7.77. The van der Waals surface area contributed by atoms with Crippen LogP contribution in [0.5, 0.6) is 11.5 Å². The van der Waals surface area contributed by atoms with Crippen LogP contribution in [-0.2, 0) is 30.5 Å². The predicted molar refractivity (Wildman–Crippen MR) is 115 cm³/mol. The molecule has 2 aromatic carbocycles. The number of carbonyl (C=O) groups is 1. The Bertz CT molecular complexity index is 1010. The predicted octanol–water partition coefficient (Wildman–Crippen LogP) is 3.26. The fraction of sp³-hybridized carbons (Fsp3) is 0.375. The van der Waals surface area contributed by atoms with Crippen molar-refractivity contribution in [2.24, 2.45) is 0 Å². The molecule has 0 aliphatic carbocycles. The number of para-hydroxylation sites is 1. The van der Waals surface area contributed by atoms with Gasteiger partial charge in [0.15, 0.2) is 0 Å². The van der Waals surface area contributed by atoms with E-state index in [0.29, 0.717) is 37.6 Å². The van der Waals surface area contributed by atoms with Gasteiger partial charge in [-0.05, 0) is 35.7 Å². The van der Waals surface area contributed by atoms with Crippen LogP contribution in [0.1, 0.15) is 29.3 Å². The SMILES string of the molecule is COc1cccc(CCc2nnc(CCC(=O)N(C)CC3Cc4ccccc4O3)o2)c1. The fourth-order valence-corrected chi connectivity index (χ4v) is 3.74. The van der Waals surface area contributed by atoms with Crippen LogP contribution in [0.2, 0.25) is 0 Å². The second kappa shape index (κ2) is 9.64. The van der Waals surface area contributed by atoms with Crippen molar-refractivity contribution in [2.75, 3.05) is 20.7 Å². The fourth-order valence-electron chi connectivity index (χ4n) is 3.74. The molecule has 1 aromatic heterocycles. The number of ether oxygens (including phenoxy) is 2. The Morgan fingerprint density at radius 2 is 1.90 bits per heavy atom. The van der Waals surface area contributed by atoms with Crippen LogP contribution in [0.25, 0.3) is 0 Å². The molecule has 0 saturated carbocycles. The summed E-state index contributed by atoms with van der Waals surface area (Å²) in [5.41, 5.74) is 2.34. The quantitative estimate of drug-likeness (QED) is 0.528. The largest absolute Gasteiger partial charge is 0.497 e. The summed E-state index contributed by atoms with van der Waals surface area (Å²) in [6, 6.07) is 15.9. The van der Waals surface area contributed by atoms with Gasteiger partial charge in [0.2, 0.25) is 17.7 Å². The lowest BCUT2D eigenvalue weighted by Crippen LogP contribution is -2.36. The number of nitrogens with zero attached hydrogens (tertiary/aromatic N) is 3. The molecule has 0 bridgehead atoms. The Morgan fingerprint density at radius 1 is 1.10 bits per heavy atom. The highest BCUT2D eigenvalue weighted by Gasteiger charge is 2.25. The molecule has 7 nitrogen and oxygen atoms in total. The first-order valence-electron chi connectivity index (χ1n) is 10.5. The zero-order chi connectivity index (χ0) is 21.6. The molecule has 1 atom stereocenters. The Balaban J connectivity index is 1.21. The third-order valence-corrected chi connectivity index (χ3v) is 5.44. The van der Waals surface area contributed by atoms with Gasteiger partial charge in [-0.1, -0.05) is 30.3 Å². The van der Waals surface area contributed by atoms with Crippen LogP contribution < -0.4 is 9.47 Å². The molecule has 0 spiro atoms. The van der Waals surface area contributed by atoms with E-state index in [1.807, 2.05) is 49.5 Å². The van der Waals surface area contributed by atoms with Crippen LogP contribution in [0.15, 0.2) is 52.9 Å². The molecular formula is C24H27N3O4. The molecule has 2 heterocycles. The number of fused-ring (bicyclic) bond motifs is 1. The van der Waals surface area contributed by atoms with E-state index in [2.05, 4.69) is 16.3 Å². The number of aromatic nitrogens is 2. The maximum atomic E-state index is 12.5. The smallest absolute Gasteiger partial charge is 0.222 e. The van der Waals surface area contributed by atoms with Crippen molar-refractivity contribution in [2.45, 2.75) is 38.2 Å². The van der Waals surface area contributed by atoms with Crippen molar-refractivity contribution in [1.29, 1.82) is 0 Å². The topological polar surface area (TPSA) is 77.7 Å². The molecule has 1 aliphatic rings. The van der Waals surface area contributed by atoms with Gasteiger partial charge in [0.25, 0.3) is 0 Å². The molecule has 0 N–H and O–H groups in total. The molecule has 31 heavy (non-hydrogen) atoms. The normalized spacial score (nSPS) is 14.7. The van der Waals surface area contributed by atoms with Gasteiger partial charge < -0.3 is 18.8 Å². The number of hydrogen-bond acceptors (Lipinski definition) is 6. The van der Waals surface area contributed by atoms with E-state index in [1.165, 1.54) is 5.56 Å². The number of likely N-dealkylation sites (N-methyl/N-ethyl adjacent to an activating group) is 1. The monoisotopic (exact) mass is 421 g/mol. The summed E-state index contributed by atoms with van der Waals surface area (Å²) < 4.78 is 16.9. The molecular weight excluding hydrogens is 394 g/mol. The van der Waals surface area contributed by atoms with Crippen molar-refractivity contribution in [1.82, 2.24) is 15.1 Å². The van der Waals surface area contributed by atoms with E-state index in [9.17, 15) is 4.79 Å². The van der Waals surface area contributed by atoms with Gasteiger partial charge in [-0.2, -0.15) is 0 Å². The summed E-state index contributed by atoms with van der Waals surface area (Å²) in [4.78, 5) is 14.2. The Kier molecular flexibility index (Phi) is 6.50. The molecule has 7 heteroatoms. The van der Waals surface area contributed by atoms with E-state index >= 15 is 0 Å². The van der Waals surface area contributed by atoms with E-state index in [1.54, 1.807) is 12.0 Å². The molecule has 0 radical (unpaired) electrons. The highest BCUT2D eigenvalue weighted by molar-refractivity contribution is 5.76. The number of hydrogen-bond donors (Lipinski definition) is 0. The van der Waals surface area contributed by atoms with Gasteiger partial charge in [0.05, 0.1) is 13.7 Å². The molecule has 1 unspecified atom stereocenters. The average Bonchev–Trinajstić information content (AvgIpc) is 3.42. The van der Waals surface area contributed by atoms with Crippen LogP contribution in [-0.4, -0.2) is 47.8 Å². The van der Waals surface area contributed by atoms with Crippen molar-refractivity contribution in [3.05, 3.63) is 71.4 Å². The summed E-state index contributed by atoms with van der Waals surface area (Å²) in [7, 11) is 3.46. The van der Waals surface area contributed by atoms with E-state index in [0.717, 1.165) is 29.9 Å². The number of amides is 1. The maximum absolute atomic E-state index is 12.5. The van der Waals surface area contributed by atoms with Crippen LogP contribution in [0, 0.1) is 0 Å². The minimum Gasteiger partial charge on any atom is -0.497 e. The average molecular weight is 421 g/mol. The van der Waals surface area contributed by atoms with Crippen LogP contribution in [0.3, 0.4) is 0 Å². The lowest BCUT2D eigenvalue weighted by Gasteiger charge is -2.20. The Hall–Kier alpha value is -3.35. The number of rotatable bonds is 9. The summed E-state index contributed by atoms with van der Waals surface area (Å²) >= 11 is 0. The molecule has 162 valence electrons. The first kappa shape index (κ1) is 20.9. The van der Waals surface area contributed by atoms with E-state index in [-0.39, 0.29) is 12.0 Å². The number of aryl methyl sites for hydroxylation is 3. The number of methoxy groups -OCH3 is 1. The molecule has 0 fully saturated rings. The zero-order valence-electron chi connectivity index (χ0n) is 17.9. The molecule has 1 amide bonds. The third-order valence-electron chi connectivity index (χ3n) is 5.44. The standard InChI is InChI=1S/C24H27N3O4/c1-27(16-20-15-18-7-3-4-9-21(18)30-20)24(28)13-12-23-26-25-22(31-23)11-10-17-6-5-8-19(14-17)29-2/h3-9,14,20H,10-13,15-16H2,1-2H3. The maximum Gasteiger partial charge on any atom is 0.222 e. The van der Waals surface area contributed by atoms with Crippen LogP contribution in [0.4, 0.5) is 0 Å². The second-order valence-electron chi connectivity index (χ2n) is 7.77. The summed E-state index contributed by atoms with van der Waals surface area (Å²) in [6.07, 6.45) is 3.01. The summed E-state index contributed by atoms with van der Waals surface area (Å²) in [5.74, 6) is 2.86. The number of benzene rings is 2. The summed E-state index contributed by atoms with van der Waals surface area (Å²) in [6.45, 7) is 0.559. The lowest BCUT2D eigenvalue weighted by molar-refractivity contribution is -0.130. The molecule has 0 saturated heterocycles. The van der Waals surface area contributed by atoms with E-state index < -0.39 is 0 Å². The van der Waals surface area contributed by atoms with Gasteiger partial charge in [0.1, 0.15) is 17.6 Å². The van der Waals surface area contributed by atoms with Crippen molar-refractivity contribution >= 4 is 5.91 Å². The minimum absolute atomic E-state index is 0.00188. The van der Waals surface area contributed by atoms with Gasteiger partial charge in [-0.3, -0.25) is 4.79 Å². The zero-order valence-corrected chi connectivity index (χ0v) is 17.9. The summed E-state index contributed by atoms with van der Waals surface area (Å²) in [5, 5.41) is 8.20. The highest BCUT2D eigenvalue weighted by Crippen LogP contribution is 2.28. The van der Waals surface area contributed by atoms with Crippen molar-refractivity contribution < 1.29 is 18.7 Å². The lowest BCUT2D eigenvalue weighted by atomic mass is 10.1. The van der Waals surface area contributed by atoms with Crippen molar-refractivity contribution in [3.63, 3.8) is 0 Å². The van der Waals surface area contributed by atoms with Crippen LogP contribution >= 0.6 is 0 Å². The van der Waals surface area contributed by atoms with Gasteiger partial charge in [-0.25, -0.2) is 0 Å². The third kappa shape index (κ3) is 5.42. The first-order chi connectivity index (χ1) is 15.1. The van der Waals surface area contributed by atoms with E-state index in [4.69, 9.17) is 13.9 Å². The van der Waals surface area contributed by atoms with Gasteiger partial charge in [-0.15, -0.1) is 10.2 Å². The minimum atomic E-state index is -0.00188. The molecule has 4 rings (SSSR count). The van der Waals surface area contributed by atoms with Gasteiger partial charge >= 0.3 is 0 Å². The molecule has 1 aliphatic heterocycles. The highest BCUT2D eigenvalue weighted by atomic mass is 16.5. The van der Waals surface area contributed by atoms with Gasteiger partial charge in [0, 0.05) is 32.7 Å². The molecule has 3 aromatic rings. The Morgan fingerprint density at radius 3 is 2.71 bits per heavy atom. The first-order valence-corrected chi connectivity index (χ1v) is 10.5.